The number of thioether (sulfide) groups is 1. The molecular weight excluding hydrogens is 166 g/mol. The van der Waals surface area contributed by atoms with Crippen LogP contribution in [0, 0.1) is 0 Å². The van der Waals surface area contributed by atoms with Crippen LogP contribution in [0.15, 0.2) is 9.39 Å². The van der Waals surface area contributed by atoms with Gasteiger partial charge in [0.25, 0.3) is 0 Å². The molecular formula is C5H9N3S2. The Labute approximate surface area is 69.3 Å². The van der Waals surface area contributed by atoms with Gasteiger partial charge < -0.3 is 0 Å². The monoisotopic (exact) mass is 175 g/mol. The third kappa shape index (κ3) is 1.91. The highest BCUT2D eigenvalue weighted by Gasteiger charge is 2.03. The van der Waals surface area contributed by atoms with Gasteiger partial charge in [0.1, 0.15) is 6.34 Å². The smallest absolute Gasteiger partial charge is 0.197 e. The summed E-state index contributed by atoms with van der Waals surface area (Å²) in [5.41, 5.74) is 0. The third-order valence-corrected chi connectivity index (χ3v) is 2.51. The van der Waals surface area contributed by atoms with E-state index in [0.29, 0.717) is 0 Å². The lowest BCUT2D eigenvalue weighted by atomic mass is 10.8. The van der Waals surface area contributed by atoms with E-state index in [-0.39, 0.29) is 0 Å². The molecule has 0 atom stereocenters. The molecule has 5 heteroatoms. The topological polar surface area (TPSA) is 28.0 Å². The molecule has 0 aliphatic carbocycles. The first-order chi connectivity index (χ1) is 4.86. The minimum Gasteiger partial charge on any atom is -0.287 e. The molecule has 56 valence electrons. The lowest BCUT2D eigenvalue weighted by Gasteiger charge is -2.14. The summed E-state index contributed by atoms with van der Waals surface area (Å²) in [7, 11) is 0. The van der Waals surface area contributed by atoms with E-state index in [1.807, 2.05) is 16.9 Å². The second kappa shape index (κ2) is 3.88. The molecule has 0 spiro atoms. The fourth-order valence-corrected chi connectivity index (χ4v) is 1.45. The Hall–Kier alpha value is -0.160. The van der Waals surface area contributed by atoms with Crippen molar-refractivity contribution in [2.75, 3.05) is 12.8 Å². The van der Waals surface area contributed by atoms with Crippen molar-refractivity contribution in [3.63, 3.8) is 0 Å². The van der Waals surface area contributed by atoms with Crippen LogP contribution in [0.2, 0.25) is 0 Å². The summed E-state index contributed by atoms with van der Waals surface area (Å²) < 4.78 is 6.10. The summed E-state index contributed by atoms with van der Waals surface area (Å²) in [4.78, 5) is 4.09. The van der Waals surface area contributed by atoms with E-state index in [2.05, 4.69) is 16.3 Å². The molecule has 0 fully saturated rings. The van der Waals surface area contributed by atoms with Crippen molar-refractivity contribution >= 4 is 35.4 Å². The highest BCUT2D eigenvalue weighted by Crippen LogP contribution is 2.16. The van der Waals surface area contributed by atoms with Crippen molar-refractivity contribution in [1.82, 2.24) is 4.31 Å². The standard InChI is InChI=1S/C5H9N3S2/c1-3-8-4-6-5(9-2)7-10-8/h4H,3H2,1-2H3. The van der Waals surface area contributed by atoms with E-state index in [1.54, 1.807) is 11.8 Å². The molecule has 1 aliphatic heterocycles. The summed E-state index contributed by atoms with van der Waals surface area (Å²) in [5.74, 6) is 0. The van der Waals surface area contributed by atoms with Crippen LogP contribution >= 0.6 is 23.9 Å². The lowest BCUT2D eigenvalue weighted by Crippen LogP contribution is -2.15. The first kappa shape index (κ1) is 7.94. The molecule has 0 saturated carbocycles. The van der Waals surface area contributed by atoms with Gasteiger partial charge in [-0.2, -0.15) is 4.40 Å². The summed E-state index contributed by atoms with van der Waals surface area (Å²) in [6.07, 6.45) is 3.78. The quantitative estimate of drug-likeness (QED) is 0.567. The fraction of sp³-hybridized carbons (Fsp3) is 0.600. The number of aliphatic imine (C=N–C) groups is 1. The molecule has 3 nitrogen and oxygen atoms in total. The molecule has 1 rings (SSSR count). The normalized spacial score (nSPS) is 17.4. The first-order valence-corrected chi connectivity index (χ1v) is 4.92. The van der Waals surface area contributed by atoms with Gasteiger partial charge in [0, 0.05) is 6.54 Å². The van der Waals surface area contributed by atoms with E-state index in [4.69, 9.17) is 0 Å². The van der Waals surface area contributed by atoms with E-state index in [9.17, 15) is 0 Å². The fourth-order valence-electron chi connectivity index (χ4n) is 0.475. The molecule has 1 aliphatic rings. The maximum absolute atomic E-state index is 4.12. The van der Waals surface area contributed by atoms with Gasteiger partial charge in [-0.25, -0.2) is 4.99 Å². The maximum atomic E-state index is 4.12. The van der Waals surface area contributed by atoms with Crippen molar-refractivity contribution in [3.05, 3.63) is 0 Å². The van der Waals surface area contributed by atoms with Gasteiger partial charge in [0.05, 0.1) is 12.1 Å². The number of amidine groups is 1. The SMILES string of the molecule is CCN1C=NC(SC)=NS1. The van der Waals surface area contributed by atoms with Gasteiger partial charge in [-0.1, -0.05) is 11.8 Å². The van der Waals surface area contributed by atoms with Crippen molar-refractivity contribution in [2.45, 2.75) is 6.92 Å². The van der Waals surface area contributed by atoms with Gasteiger partial charge in [-0.15, -0.1) is 0 Å². The number of hydrogen-bond acceptors (Lipinski definition) is 5. The van der Waals surface area contributed by atoms with Crippen LogP contribution < -0.4 is 0 Å². The predicted octanol–water partition coefficient (Wildman–Crippen LogP) is 1.63. The van der Waals surface area contributed by atoms with Crippen molar-refractivity contribution in [2.24, 2.45) is 9.39 Å². The predicted molar refractivity (Wildman–Crippen MR) is 49.4 cm³/mol. The van der Waals surface area contributed by atoms with Crippen LogP contribution in [-0.4, -0.2) is 28.6 Å². The van der Waals surface area contributed by atoms with Gasteiger partial charge in [0.2, 0.25) is 0 Å². The van der Waals surface area contributed by atoms with Crippen LogP contribution in [0.25, 0.3) is 0 Å². The zero-order chi connectivity index (χ0) is 7.40. The average molecular weight is 175 g/mol. The van der Waals surface area contributed by atoms with Gasteiger partial charge >= 0.3 is 0 Å². The molecule has 0 bridgehead atoms. The van der Waals surface area contributed by atoms with Crippen molar-refractivity contribution in [3.8, 4) is 0 Å². The Kier molecular flexibility index (Phi) is 3.08. The Morgan fingerprint density at radius 3 is 3.00 bits per heavy atom. The molecule has 0 N–H and O–H groups in total. The molecule has 0 unspecified atom stereocenters. The average Bonchev–Trinajstić information content (AvgIpc) is 2.05. The van der Waals surface area contributed by atoms with E-state index >= 15 is 0 Å². The lowest BCUT2D eigenvalue weighted by molar-refractivity contribution is 0.733. The Morgan fingerprint density at radius 1 is 1.80 bits per heavy atom. The zero-order valence-corrected chi connectivity index (χ0v) is 7.58. The summed E-state index contributed by atoms with van der Waals surface area (Å²) in [6, 6.07) is 0. The van der Waals surface area contributed by atoms with E-state index < -0.39 is 0 Å². The van der Waals surface area contributed by atoms with Crippen LogP contribution in [-0.2, 0) is 0 Å². The molecule has 1 heterocycles. The minimum absolute atomic E-state index is 0.842. The van der Waals surface area contributed by atoms with Crippen molar-refractivity contribution < 1.29 is 0 Å². The first-order valence-electron chi connectivity index (χ1n) is 2.96. The zero-order valence-electron chi connectivity index (χ0n) is 5.94. The molecule has 10 heavy (non-hydrogen) atoms. The van der Waals surface area contributed by atoms with Gasteiger partial charge in [-0.05, 0) is 13.2 Å². The van der Waals surface area contributed by atoms with Gasteiger partial charge in [0.15, 0.2) is 5.17 Å². The molecule has 0 aromatic rings. The maximum Gasteiger partial charge on any atom is 0.197 e. The second-order valence-electron chi connectivity index (χ2n) is 1.64. The number of rotatable bonds is 1. The molecule has 0 aromatic heterocycles. The summed E-state index contributed by atoms with van der Waals surface area (Å²) in [6.45, 7) is 3.01. The van der Waals surface area contributed by atoms with Crippen LogP contribution in [0.4, 0.5) is 0 Å². The van der Waals surface area contributed by atoms with Crippen LogP contribution in [0.5, 0.6) is 0 Å². The molecule has 0 amide bonds. The van der Waals surface area contributed by atoms with Crippen LogP contribution in [0.1, 0.15) is 6.92 Å². The second-order valence-corrected chi connectivity index (χ2v) is 3.23. The summed E-state index contributed by atoms with van der Waals surface area (Å²) >= 11 is 3.01. The largest absolute Gasteiger partial charge is 0.287 e. The number of hydrogen-bond donors (Lipinski definition) is 0. The minimum atomic E-state index is 0.842. The molecule has 0 aromatic carbocycles. The molecule has 0 saturated heterocycles. The Morgan fingerprint density at radius 2 is 2.60 bits per heavy atom. The third-order valence-electron chi connectivity index (χ3n) is 1.02. The van der Waals surface area contributed by atoms with Crippen LogP contribution in [0.3, 0.4) is 0 Å². The Bertz CT molecular complexity index is 166. The molecule has 0 radical (unpaired) electrons. The number of nitrogens with zero attached hydrogens (tertiary/aromatic N) is 3. The Balaban J connectivity index is 2.46. The van der Waals surface area contributed by atoms with Gasteiger partial charge in [-0.3, -0.25) is 4.31 Å². The van der Waals surface area contributed by atoms with E-state index in [1.165, 1.54) is 12.1 Å². The van der Waals surface area contributed by atoms with E-state index in [0.717, 1.165) is 11.7 Å². The highest BCUT2D eigenvalue weighted by molar-refractivity contribution is 8.14. The highest BCUT2D eigenvalue weighted by atomic mass is 32.2. The summed E-state index contributed by atoms with van der Waals surface area (Å²) in [5, 5.41) is 0.842. The van der Waals surface area contributed by atoms with Crippen molar-refractivity contribution in [1.29, 1.82) is 0 Å².